The maximum Gasteiger partial charge on any atom is 0.174 e. The van der Waals surface area contributed by atoms with E-state index >= 15 is 0 Å². The Morgan fingerprint density at radius 3 is 1.65 bits per heavy atom. The van der Waals surface area contributed by atoms with Gasteiger partial charge in [0, 0.05) is 48.9 Å². The third-order valence-electron chi connectivity index (χ3n) is 15.5. The Morgan fingerprint density at radius 2 is 1.26 bits per heavy atom. The lowest BCUT2D eigenvalue weighted by atomic mass is 9.65. The highest BCUT2D eigenvalue weighted by atomic mass is 16.7. The lowest BCUT2D eigenvalue weighted by Gasteiger charge is -2.50. The fourth-order valence-corrected chi connectivity index (χ4v) is 7.57. The van der Waals surface area contributed by atoms with E-state index < -0.39 is 0 Å². The molecule has 12 nitrogen and oxygen atoms in total. The SMILES string of the molecule is CC(C)(C)C(C)(C)n1cnnn1.CC(C)(C)C1(C)OCCO1.CC1(C)CC(C)(C(C)(C)C)Oc2ccccc21.CC1N=C(C(C)(C)C(C)(C)C)NO1.CCOC1(C(C)(C)C)CCOCC1. The third-order valence-corrected chi connectivity index (χ3v) is 15.5. The number of aromatic nitrogens is 4. The zero-order valence-corrected chi connectivity index (χ0v) is 46.3. The van der Waals surface area contributed by atoms with Crippen LogP contribution in [0.25, 0.3) is 0 Å². The van der Waals surface area contributed by atoms with Gasteiger partial charge in [0.25, 0.3) is 0 Å². The molecule has 0 radical (unpaired) electrons. The summed E-state index contributed by atoms with van der Waals surface area (Å²) < 4.78 is 30.4. The molecule has 65 heavy (non-hydrogen) atoms. The van der Waals surface area contributed by atoms with Gasteiger partial charge in [0.1, 0.15) is 23.5 Å². The van der Waals surface area contributed by atoms with Crippen LogP contribution in [0.3, 0.4) is 0 Å². The minimum atomic E-state index is -0.368. The number of amidine groups is 1. The zero-order chi connectivity index (χ0) is 50.4. The molecule has 0 amide bonds. The van der Waals surface area contributed by atoms with E-state index in [1.807, 2.05) is 13.8 Å². The van der Waals surface area contributed by atoms with Crippen molar-refractivity contribution in [3.8, 4) is 5.75 Å². The van der Waals surface area contributed by atoms with E-state index in [2.05, 4.69) is 210 Å². The molecule has 376 valence electrons. The van der Waals surface area contributed by atoms with Gasteiger partial charge in [-0.15, -0.1) is 5.10 Å². The van der Waals surface area contributed by atoms with Crippen molar-refractivity contribution < 1.29 is 28.5 Å². The molecule has 2 unspecified atom stereocenters. The first-order chi connectivity index (χ1) is 29.2. The van der Waals surface area contributed by atoms with Gasteiger partial charge >= 0.3 is 0 Å². The Balaban J connectivity index is 0.000000282. The summed E-state index contributed by atoms with van der Waals surface area (Å²) in [5, 5.41) is 11.2. The van der Waals surface area contributed by atoms with Gasteiger partial charge in [-0.05, 0) is 91.7 Å². The standard InChI is InChI=1S/C16H24O.C11H22O2.C10H20N2O.C8H16N4.C8H16O2/c1-14(2,3)16(6)11-15(4,5)12-9-7-8-10-13(12)17-16;1-5-13-11(10(2,3)4)6-8-12-9-7-11;1-7-11-8(12-13-7)10(5,6)9(2,3)4;1-7(2,3)8(4,5)12-6-9-10-11-12;1-7(2,3)8(4)9-5-6-10-8/h7-10H,11H2,1-6H3;5-9H2,1-4H3;7H,1-6H3,(H,11,12);6H,1-5H3;5-6H2,1-4H3. The van der Waals surface area contributed by atoms with Gasteiger partial charge in [-0.25, -0.2) is 14.5 Å². The Hall–Kier alpha value is -2.64. The van der Waals surface area contributed by atoms with Crippen molar-refractivity contribution in [1.82, 2.24) is 25.7 Å². The van der Waals surface area contributed by atoms with Crippen LogP contribution in [0.2, 0.25) is 0 Å². The second-order valence-electron chi connectivity index (χ2n) is 25.6. The molecular formula is C53H98N6O6. The predicted octanol–water partition coefficient (Wildman–Crippen LogP) is 12.8. The summed E-state index contributed by atoms with van der Waals surface area (Å²) >= 11 is 0. The average Bonchev–Trinajstić information content (AvgIpc) is 3.95. The smallest absolute Gasteiger partial charge is 0.174 e. The predicted molar refractivity (Wildman–Crippen MR) is 267 cm³/mol. The van der Waals surface area contributed by atoms with Crippen molar-refractivity contribution in [3.63, 3.8) is 0 Å². The monoisotopic (exact) mass is 915 g/mol. The molecule has 6 rings (SSSR count). The van der Waals surface area contributed by atoms with E-state index in [1.54, 1.807) is 11.0 Å². The summed E-state index contributed by atoms with van der Waals surface area (Å²) in [5.74, 6) is 1.64. The number of hydroxylamine groups is 1. The second-order valence-corrected chi connectivity index (χ2v) is 25.6. The van der Waals surface area contributed by atoms with Gasteiger partial charge in [-0.3, -0.25) is 5.48 Å². The number of hydrogen-bond acceptors (Lipinski definition) is 11. The van der Waals surface area contributed by atoms with Crippen molar-refractivity contribution in [3.05, 3.63) is 36.2 Å². The Labute approximate surface area is 397 Å². The summed E-state index contributed by atoms with van der Waals surface area (Å²) in [5.41, 5.74) is 5.04. The molecule has 5 heterocycles. The summed E-state index contributed by atoms with van der Waals surface area (Å²) in [7, 11) is 0. The van der Waals surface area contributed by atoms with Gasteiger partial charge in [0.2, 0.25) is 0 Å². The summed E-state index contributed by atoms with van der Waals surface area (Å²) in [6.07, 6.45) is 4.72. The van der Waals surface area contributed by atoms with Crippen LogP contribution in [-0.2, 0) is 34.7 Å². The van der Waals surface area contributed by atoms with Crippen LogP contribution in [0.15, 0.2) is 35.6 Å². The summed E-state index contributed by atoms with van der Waals surface area (Å²) in [6, 6.07) is 8.45. The van der Waals surface area contributed by atoms with E-state index in [4.69, 9.17) is 28.5 Å². The highest BCUT2D eigenvalue weighted by Crippen LogP contribution is 2.50. The zero-order valence-electron chi connectivity index (χ0n) is 46.3. The summed E-state index contributed by atoms with van der Waals surface area (Å²) in [4.78, 5) is 9.60. The Morgan fingerprint density at radius 1 is 0.723 bits per heavy atom. The van der Waals surface area contributed by atoms with Crippen LogP contribution in [-0.4, -0.2) is 82.3 Å². The number of nitrogens with zero attached hydrogens (tertiary/aromatic N) is 5. The van der Waals surface area contributed by atoms with Crippen LogP contribution >= 0.6 is 0 Å². The molecule has 1 aromatic heterocycles. The molecule has 12 heteroatoms. The number of ether oxygens (including phenoxy) is 5. The molecule has 2 aromatic rings. The number of fused-ring (bicyclic) bond motifs is 1. The van der Waals surface area contributed by atoms with Gasteiger partial charge in [0.15, 0.2) is 12.0 Å². The number of benzene rings is 1. The van der Waals surface area contributed by atoms with Crippen molar-refractivity contribution in [2.45, 2.75) is 227 Å². The van der Waals surface area contributed by atoms with Gasteiger partial charge in [-0.2, -0.15) is 0 Å². The quantitative estimate of drug-likeness (QED) is 0.317. The fraction of sp³-hybridized carbons (Fsp3) is 0.849. The maximum atomic E-state index is 6.32. The lowest BCUT2D eigenvalue weighted by molar-refractivity contribution is -0.208. The first-order valence-electron chi connectivity index (χ1n) is 24.3. The number of nitrogens with one attached hydrogen (secondary N) is 1. The number of aliphatic imine (C=N–C) groups is 1. The van der Waals surface area contributed by atoms with Gasteiger partial charge in [-0.1, -0.05) is 150 Å². The number of para-hydroxylation sites is 1. The maximum absolute atomic E-state index is 6.32. The van der Waals surface area contributed by atoms with Crippen molar-refractivity contribution in [1.29, 1.82) is 0 Å². The van der Waals surface area contributed by atoms with Crippen LogP contribution in [0, 0.1) is 32.5 Å². The van der Waals surface area contributed by atoms with E-state index in [9.17, 15) is 0 Å². The lowest BCUT2D eigenvalue weighted by Crippen LogP contribution is -2.52. The molecule has 0 saturated carbocycles. The van der Waals surface area contributed by atoms with E-state index in [0.29, 0.717) is 0 Å². The number of tetrazole rings is 1. The highest BCUT2D eigenvalue weighted by molar-refractivity contribution is 5.88. The first-order valence-corrected chi connectivity index (χ1v) is 24.3. The highest BCUT2D eigenvalue weighted by Gasteiger charge is 2.49. The van der Waals surface area contributed by atoms with Crippen LogP contribution < -0.4 is 10.2 Å². The molecule has 2 fully saturated rings. The normalized spacial score (nSPS) is 22.9. The van der Waals surface area contributed by atoms with E-state index in [-0.39, 0.29) is 66.7 Å². The van der Waals surface area contributed by atoms with Crippen molar-refractivity contribution >= 4 is 5.84 Å². The van der Waals surface area contributed by atoms with E-state index in [1.165, 1.54) is 5.56 Å². The Kier molecular flexibility index (Phi) is 19.2. The molecule has 4 aliphatic heterocycles. The topological polar surface area (TPSA) is 123 Å². The largest absolute Gasteiger partial charge is 0.487 e. The van der Waals surface area contributed by atoms with Crippen LogP contribution in [0.5, 0.6) is 5.75 Å². The molecule has 1 aromatic carbocycles. The molecule has 1 N–H and O–H groups in total. The molecule has 2 atom stereocenters. The number of hydrogen-bond donors (Lipinski definition) is 1. The molecule has 0 spiro atoms. The third kappa shape index (κ3) is 14.7. The van der Waals surface area contributed by atoms with Crippen LogP contribution in [0.1, 0.15) is 198 Å². The van der Waals surface area contributed by atoms with Gasteiger partial charge < -0.3 is 23.7 Å². The summed E-state index contributed by atoms with van der Waals surface area (Å²) in [6.45, 7) is 58.5. The van der Waals surface area contributed by atoms with Crippen molar-refractivity contribution in [2.24, 2.45) is 37.5 Å². The molecule has 0 bridgehead atoms. The minimum absolute atomic E-state index is 0.0117. The second kappa shape index (κ2) is 21.3. The molecular weight excluding hydrogens is 817 g/mol. The molecule has 4 aliphatic rings. The van der Waals surface area contributed by atoms with E-state index in [0.717, 1.165) is 63.9 Å². The fourth-order valence-electron chi connectivity index (χ4n) is 7.57. The van der Waals surface area contributed by atoms with Gasteiger partial charge in [0.05, 0.1) is 24.4 Å². The molecule has 0 aliphatic carbocycles. The minimum Gasteiger partial charge on any atom is -0.487 e. The Bertz CT molecular complexity index is 1750. The van der Waals surface area contributed by atoms with Crippen molar-refractivity contribution in [2.75, 3.05) is 33.0 Å². The average molecular weight is 915 g/mol. The number of rotatable bonds is 4. The molecule has 2 saturated heterocycles. The van der Waals surface area contributed by atoms with Crippen LogP contribution in [0.4, 0.5) is 0 Å². The first kappa shape index (κ1) is 58.5.